The van der Waals surface area contributed by atoms with Gasteiger partial charge in [0.25, 0.3) is 0 Å². The number of hydrogen-bond acceptors (Lipinski definition) is 4. The molecular weight excluding hydrogens is 268 g/mol. The largest absolute Gasteiger partial charge is 0.480 e. The van der Waals surface area contributed by atoms with Crippen molar-refractivity contribution in [2.45, 2.75) is 18.7 Å². The van der Waals surface area contributed by atoms with E-state index in [0.717, 1.165) is 19.0 Å². The number of rotatable bonds is 6. The zero-order valence-corrected chi connectivity index (χ0v) is 11.9. The second-order valence-corrected chi connectivity index (χ2v) is 6.56. The minimum Gasteiger partial charge on any atom is -0.480 e. The Bertz CT molecular complexity index is 537. The molecule has 1 unspecified atom stereocenters. The summed E-state index contributed by atoms with van der Waals surface area (Å²) in [6.07, 6.45) is 0. The highest BCUT2D eigenvalue weighted by Gasteiger charge is 2.27. The van der Waals surface area contributed by atoms with Crippen LogP contribution in [-0.2, 0) is 21.4 Å². The number of aliphatic carboxylic acids is 1. The van der Waals surface area contributed by atoms with E-state index in [1.807, 2.05) is 19.0 Å². The third-order valence-electron chi connectivity index (χ3n) is 2.53. The molecule has 0 bridgehead atoms. The van der Waals surface area contributed by atoms with Crippen LogP contribution in [0.5, 0.6) is 0 Å². The van der Waals surface area contributed by atoms with Crippen molar-refractivity contribution >= 4 is 21.7 Å². The minimum absolute atomic E-state index is 0.357. The van der Waals surface area contributed by atoms with Crippen molar-refractivity contribution in [1.29, 1.82) is 0 Å². The summed E-state index contributed by atoms with van der Waals surface area (Å²) in [5, 5.41) is 7.22. The maximum Gasteiger partial charge on any atom is 0.323 e. The van der Waals surface area contributed by atoms with Gasteiger partial charge in [0.2, 0.25) is 10.0 Å². The lowest BCUT2D eigenvalue weighted by Crippen LogP contribution is -2.32. The molecule has 0 aromatic heterocycles. The van der Waals surface area contributed by atoms with Crippen molar-refractivity contribution < 1.29 is 18.3 Å². The van der Waals surface area contributed by atoms with Crippen LogP contribution in [0.4, 0.5) is 5.69 Å². The minimum atomic E-state index is -3.91. The Hall–Kier alpha value is -1.60. The summed E-state index contributed by atoms with van der Waals surface area (Å²) in [5.41, 5.74) is 1.40. The van der Waals surface area contributed by atoms with Gasteiger partial charge in [-0.15, -0.1) is 0 Å². The van der Waals surface area contributed by atoms with Crippen molar-refractivity contribution in [3.05, 3.63) is 29.8 Å². The van der Waals surface area contributed by atoms with Crippen LogP contribution in [0.15, 0.2) is 24.3 Å². The first-order chi connectivity index (χ1) is 8.72. The van der Waals surface area contributed by atoms with Gasteiger partial charge in [0.15, 0.2) is 5.25 Å². The quantitative estimate of drug-likeness (QED) is 0.813. The van der Waals surface area contributed by atoms with Gasteiger partial charge in [0.05, 0.1) is 0 Å². The standard InChI is InChI=1S/C12H18N2O4S/c1-9(12(15)16)19(17,18)13-11-6-4-10(5-7-11)8-14(2)3/h4-7,9,13H,8H2,1-3H3,(H,15,16). The van der Waals surface area contributed by atoms with Crippen LogP contribution >= 0.6 is 0 Å². The van der Waals surface area contributed by atoms with Crippen LogP contribution in [0.2, 0.25) is 0 Å². The number of benzene rings is 1. The fourth-order valence-corrected chi connectivity index (χ4v) is 2.34. The smallest absolute Gasteiger partial charge is 0.323 e. The third kappa shape index (κ3) is 4.53. The van der Waals surface area contributed by atoms with Crippen LogP contribution in [-0.4, -0.2) is 43.7 Å². The molecule has 0 heterocycles. The second-order valence-electron chi connectivity index (χ2n) is 4.56. The number of hydrogen-bond donors (Lipinski definition) is 2. The molecule has 0 amide bonds. The van der Waals surface area contributed by atoms with Gasteiger partial charge in [0.1, 0.15) is 0 Å². The van der Waals surface area contributed by atoms with Crippen LogP contribution < -0.4 is 4.72 Å². The number of carbonyl (C=O) groups is 1. The highest BCUT2D eigenvalue weighted by atomic mass is 32.2. The Kier molecular flexibility index (Phi) is 4.90. The predicted octanol–water partition coefficient (Wildman–Crippen LogP) is 0.963. The molecular formula is C12H18N2O4S. The van der Waals surface area contributed by atoms with Gasteiger partial charge in [0, 0.05) is 12.2 Å². The maximum atomic E-state index is 11.7. The zero-order valence-electron chi connectivity index (χ0n) is 11.1. The highest BCUT2D eigenvalue weighted by Crippen LogP contribution is 2.14. The first-order valence-electron chi connectivity index (χ1n) is 5.70. The van der Waals surface area contributed by atoms with E-state index in [-0.39, 0.29) is 0 Å². The van der Waals surface area contributed by atoms with E-state index in [1.165, 1.54) is 0 Å². The summed E-state index contributed by atoms with van der Waals surface area (Å²) in [5.74, 6) is -1.38. The van der Waals surface area contributed by atoms with Crippen molar-refractivity contribution in [2.24, 2.45) is 0 Å². The lowest BCUT2D eigenvalue weighted by atomic mass is 10.2. The van der Waals surface area contributed by atoms with E-state index < -0.39 is 21.2 Å². The number of anilines is 1. The lowest BCUT2D eigenvalue weighted by molar-refractivity contribution is -0.136. The fourth-order valence-electron chi connectivity index (χ4n) is 1.43. The lowest BCUT2D eigenvalue weighted by Gasteiger charge is -2.13. The molecule has 2 N–H and O–H groups in total. The Balaban J connectivity index is 2.81. The van der Waals surface area contributed by atoms with E-state index in [9.17, 15) is 13.2 Å². The van der Waals surface area contributed by atoms with Crippen LogP contribution in [0.1, 0.15) is 12.5 Å². The molecule has 1 atom stereocenters. The average molecular weight is 286 g/mol. The number of carboxylic acids is 1. The summed E-state index contributed by atoms with van der Waals surface area (Å²) >= 11 is 0. The Labute approximate surface area is 113 Å². The summed E-state index contributed by atoms with van der Waals surface area (Å²) in [6, 6.07) is 6.82. The van der Waals surface area contributed by atoms with Crippen LogP contribution in [0, 0.1) is 0 Å². The van der Waals surface area contributed by atoms with Gasteiger partial charge in [-0.3, -0.25) is 9.52 Å². The predicted molar refractivity (Wildman–Crippen MR) is 73.5 cm³/mol. The Morgan fingerprint density at radius 2 is 1.84 bits per heavy atom. The second kappa shape index (κ2) is 6.03. The molecule has 0 aliphatic carbocycles. The molecule has 0 radical (unpaired) electrons. The summed E-state index contributed by atoms with van der Waals surface area (Å²) in [6.45, 7) is 1.88. The van der Waals surface area contributed by atoms with E-state index in [0.29, 0.717) is 5.69 Å². The fraction of sp³-hybridized carbons (Fsp3) is 0.417. The van der Waals surface area contributed by atoms with Gasteiger partial charge in [-0.05, 0) is 38.7 Å². The molecule has 0 fully saturated rings. The molecule has 6 nitrogen and oxygen atoms in total. The molecule has 0 aliphatic heterocycles. The van der Waals surface area contributed by atoms with Crippen molar-refractivity contribution in [3.8, 4) is 0 Å². The monoisotopic (exact) mass is 286 g/mol. The van der Waals surface area contributed by atoms with Crippen molar-refractivity contribution in [3.63, 3.8) is 0 Å². The van der Waals surface area contributed by atoms with E-state index in [1.54, 1.807) is 24.3 Å². The highest BCUT2D eigenvalue weighted by molar-refractivity contribution is 7.94. The molecule has 7 heteroatoms. The zero-order chi connectivity index (χ0) is 14.6. The van der Waals surface area contributed by atoms with Crippen LogP contribution in [0.25, 0.3) is 0 Å². The van der Waals surface area contributed by atoms with Gasteiger partial charge >= 0.3 is 5.97 Å². The first kappa shape index (κ1) is 15.5. The molecule has 0 saturated carbocycles. The van der Waals surface area contributed by atoms with E-state index in [2.05, 4.69) is 4.72 Å². The molecule has 1 rings (SSSR count). The van der Waals surface area contributed by atoms with Crippen molar-refractivity contribution in [1.82, 2.24) is 4.90 Å². The van der Waals surface area contributed by atoms with Gasteiger partial charge in [-0.1, -0.05) is 12.1 Å². The molecule has 106 valence electrons. The molecule has 1 aromatic carbocycles. The molecule has 19 heavy (non-hydrogen) atoms. The Morgan fingerprint density at radius 1 is 1.32 bits per heavy atom. The normalized spacial score (nSPS) is 13.3. The number of carboxylic acid groups (broad SMARTS) is 1. The topological polar surface area (TPSA) is 86.7 Å². The number of nitrogens with one attached hydrogen (secondary N) is 1. The molecule has 0 aliphatic rings. The molecule has 0 saturated heterocycles. The van der Waals surface area contributed by atoms with Gasteiger partial charge in [-0.25, -0.2) is 8.42 Å². The van der Waals surface area contributed by atoms with Gasteiger partial charge in [-0.2, -0.15) is 0 Å². The van der Waals surface area contributed by atoms with Crippen molar-refractivity contribution in [2.75, 3.05) is 18.8 Å². The summed E-state index contributed by atoms with van der Waals surface area (Å²) < 4.78 is 25.7. The third-order valence-corrected chi connectivity index (χ3v) is 4.18. The van der Waals surface area contributed by atoms with E-state index >= 15 is 0 Å². The maximum absolute atomic E-state index is 11.7. The van der Waals surface area contributed by atoms with Gasteiger partial charge < -0.3 is 10.0 Å². The SMILES string of the molecule is CC(C(=O)O)S(=O)(=O)Nc1ccc(CN(C)C)cc1. The van der Waals surface area contributed by atoms with Crippen LogP contribution in [0.3, 0.4) is 0 Å². The Morgan fingerprint density at radius 3 is 2.26 bits per heavy atom. The number of sulfonamides is 1. The molecule has 1 aromatic rings. The van der Waals surface area contributed by atoms with E-state index in [4.69, 9.17) is 5.11 Å². The average Bonchev–Trinajstić information content (AvgIpc) is 2.29. The first-order valence-corrected chi connectivity index (χ1v) is 7.25. The summed E-state index contributed by atoms with van der Waals surface area (Å²) in [4.78, 5) is 12.7. The number of nitrogens with zero attached hydrogens (tertiary/aromatic N) is 1. The molecule has 0 spiro atoms. The summed E-state index contributed by atoms with van der Waals surface area (Å²) in [7, 11) is -0.0371.